The Bertz CT molecular complexity index is 2550. The van der Waals surface area contributed by atoms with Crippen LogP contribution in [0.4, 0.5) is 0 Å². The highest BCUT2D eigenvalue weighted by Gasteiger charge is 2.78. The largest absolute Gasteiger partial charge is 0.455 e. The first-order chi connectivity index (χ1) is 32.6. The summed E-state index contributed by atoms with van der Waals surface area (Å²) in [6.07, 6.45) is -11.7. The SMILES string of the molecule is CC(=O)OC1C(=O)C2(C)C(O)CC3OCC3(OC(C)=O)C2C(OC(=O)c2ccccc2)C2(O)C[C@H](OC(=O)C(OC(=O)CCS(=O)O)C(NC(=O)c3ccccc3)c3ccccc3)C(C)=C1C2(C)C. The Morgan fingerprint density at radius 2 is 1.45 bits per heavy atom. The minimum absolute atomic E-state index is 0.0241. The molecule has 12 atom stereocenters. The molecule has 19 heteroatoms. The van der Waals surface area contributed by atoms with Crippen LogP contribution in [-0.4, -0.2) is 121 Å². The molecule has 1 aliphatic heterocycles. The second-order valence-electron chi connectivity index (χ2n) is 18.6. The lowest BCUT2D eigenvalue weighted by atomic mass is 9.44. The molecule has 69 heavy (non-hydrogen) atoms. The fourth-order valence-corrected chi connectivity index (χ4v) is 11.0. The summed E-state index contributed by atoms with van der Waals surface area (Å²) >= 11 is -2.44. The van der Waals surface area contributed by atoms with Crippen LogP contribution >= 0.6 is 0 Å². The van der Waals surface area contributed by atoms with Crippen molar-refractivity contribution >= 4 is 52.6 Å². The highest BCUT2D eigenvalue weighted by Crippen LogP contribution is 2.64. The van der Waals surface area contributed by atoms with Crippen LogP contribution in [0, 0.1) is 16.7 Å². The molecular formula is C50H55NO17S. The number of carbonyl (C=O) groups is 7. The predicted molar refractivity (Wildman–Crippen MR) is 242 cm³/mol. The molecule has 3 fully saturated rings. The molecular weight excluding hydrogens is 919 g/mol. The zero-order chi connectivity index (χ0) is 50.2. The van der Waals surface area contributed by atoms with Crippen molar-refractivity contribution in [1.82, 2.24) is 5.32 Å². The van der Waals surface area contributed by atoms with Crippen molar-refractivity contribution < 1.29 is 81.0 Å². The maximum Gasteiger partial charge on any atom is 0.350 e. The predicted octanol–water partition coefficient (Wildman–Crippen LogP) is 3.90. The molecule has 11 unspecified atom stereocenters. The third-order valence-corrected chi connectivity index (χ3v) is 14.8. The van der Waals surface area contributed by atoms with E-state index in [0.29, 0.717) is 0 Å². The number of carbonyl (C=O) groups excluding carboxylic acids is 7. The van der Waals surface area contributed by atoms with Crippen molar-refractivity contribution in [3.63, 3.8) is 0 Å². The number of ketones is 1. The van der Waals surface area contributed by atoms with E-state index < -0.39 is 142 Å². The first-order valence-electron chi connectivity index (χ1n) is 22.4. The van der Waals surface area contributed by atoms with E-state index in [1.54, 1.807) is 66.7 Å². The molecule has 1 amide bonds. The van der Waals surface area contributed by atoms with Gasteiger partial charge in [0, 0.05) is 37.7 Å². The first kappa shape index (κ1) is 50.7. The van der Waals surface area contributed by atoms with E-state index >= 15 is 9.59 Å². The summed E-state index contributed by atoms with van der Waals surface area (Å²) in [6, 6.07) is 22.2. The summed E-state index contributed by atoms with van der Waals surface area (Å²) in [5, 5.41) is 28.8. The van der Waals surface area contributed by atoms with Gasteiger partial charge in [0.15, 0.2) is 28.6 Å². The molecule has 3 aromatic carbocycles. The van der Waals surface area contributed by atoms with Gasteiger partial charge in [-0.15, -0.1) is 0 Å². The van der Waals surface area contributed by atoms with Gasteiger partial charge in [-0.3, -0.25) is 24.0 Å². The lowest BCUT2D eigenvalue weighted by Gasteiger charge is -2.67. The fourth-order valence-electron chi connectivity index (χ4n) is 10.7. The second kappa shape index (κ2) is 19.7. The van der Waals surface area contributed by atoms with Gasteiger partial charge in [0.25, 0.3) is 5.91 Å². The van der Waals surface area contributed by atoms with Crippen LogP contribution in [0.1, 0.15) is 93.1 Å². The van der Waals surface area contributed by atoms with Crippen molar-refractivity contribution in [2.24, 2.45) is 16.7 Å². The summed E-state index contributed by atoms with van der Waals surface area (Å²) < 4.78 is 57.5. The molecule has 3 aliphatic carbocycles. The lowest BCUT2D eigenvalue weighted by Crippen LogP contribution is -2.82. The van der Waals surface area contributed by atoms with Crippen LogP contribution in [0.2, 0.25) is 0 Å². The molecule has 1 heterocycles. The molecule has 3 aromatic rings. The number of ether oxygens (including phenoxy) is 6. The second-order valence-corrected chi connectivity index (χ2v) is 19.6. The number of hydrogen-bond donors (Lipinski definition) is 4. The van der Waals surface area contributed by atoms with Crippen molar-refractivity contribution in [3.8, 4) is 0 Å². The number of hydrogen-bond acceptors (Lipinski definition) is 16. The molecule has 4 aliphatic rings. The summed E-state index contributed by atoms with van der Waals surface area (Å²) in [7, 11) is 0. The van der Waals surface area contributed by atoms with Crippen molar-refractivity contribution in [1.29, 1.82) is 0 Å². The molecule has 0 spiro atoms. The number of Topliss-reactive ketones (excluding diaryl/α,β-unsaturated/α-hetero) is 1. The number of fused-ring (bicyclic) bond motifs is 5. The Morgan fingerprint density at radius 1 is 0.855 bits per heavy atom. The van der Waals surface area contributed by atoms with Crippen LogP contribution in [0.25, 0.3) is 0 Å². The number of aliphatic hydroxyl groups excluding tert-OH is 1. The minimum Gasteiger partial charge on any atom is -0.455 e. The van der Waals surface area contributed by atoms with E-state index in [4.69, 9.17) is 28.4 Å². The van der Waals surface area contributed by atoms with E-state index in [-0.39, 0.29) is 40.9 Å². The van der Waals surface area contributed by atoms with Gasteiger partial charge < -0.3 is 48.5 Å². The Hall–Kier alpha value is -6.12. The lowest BCUT2D eigenvalue weighted by molar-refractivity contribution is -0.346. The number of amides is 1. The van der Waals surface area contributed by atoms with E-state index in [2.05, 4.69) is 5.32 Å². The average molecular weight is 974 g/mol. The molecule has 0 radical (unpaired) electrons. The van der Waals surface area contributed by atoms with Crippen molar-refractivity contribution in [2.75, 3.05) is 12.4 Å². The molecule has 2 bridgehead atoms. The Balaban J connectivity index is 1.42. The standard InChI is InChI=1S/C50H55NO17S/c1-27-33(65-46(59)40(66-36(55)22-23-69(61)62)38(30-16-10-7-11-17-30)51-44(57)31-18-12-8-13-19-31)25-50(60)43(67-45(58)32-20-14-9-15-21-32)41-48(6,34(54)24-35-49(41,26-63-35)68-29(3)53)42(56)39(64-28(2)52)37(27)47(50,4)5/h7-21,33-35,38-41,43,54,60H,22-26H2,1-6H3,(H,51,57)(H,61,62)/t33-,34?,35?,38?,39?,40?,41?,43?,48?,49?,50?/m0/s1. The monoisotopic (exact) mass is 973 g/mol. The maximum absolute atomic E-state index is 15.7. The zero-order valence-electron chi connectivity index (χ0n) is 38.8. The van der Waals surface area contributed by atoms with Crippen LogP contribution < -0.4 is 5.32 Å². The van der Waals surface area contributed by atoms with E-state index in [9.17, 15) is 42.9 Å². The van der Waals surface area contributed by atoms with Gasteiger partial charge in [0.1, 0.15) is 30.0 Å². The number of aliphatic hydroxyl groups is 2. The fraction of sp³-hybridized carbons (Fsp3) is 0.460. The summed E-state index contributed by atoms with van der Waals surface area (Å²) in [5.74, 6) is -8.95. The molecule has 368 valence electrons. The summed E-state index contributed by atoms with van der Waals surface area (Å²) in [6.45, 7) is 7.70. The van der Waals surface area contributed by atoms with E-state index in [1.165, 1.54) is 52.0 Å². The molecule has 18 nitrogen and oxygen atoms in total. The molecule has 0 aromatic heterocycles. The molecule has 4 N–H and O–H groups in total. The summed E-state index contributed by atoms with van der Waals surface area (Å²) in [4.78, 5) is 98.6. The van der Waals surface area contributed by atoms with Gasteiger partial charge in [-0.1, -0.05) is 80.6 Å². The first-order valence-corrected chi connectivity index (χ1v) is 23.6. The summed E-state index contributed by atoms with van der Waals surface area (Å²) in [5.41, 5.74) is -7.74. The quantitative estimate of drug-likeness (QED) is 0.0772. The third-order valence-electron chi connectivity index (χ3n) is 14.2. The molecule has 1 saturated heterocycles. The van der Waals surface area contributed by atoms with Crippen LogP contribution in [-0.2, 0) is 63.5 Å². The van der Waals surface area contributed by atoms with Crippen LogP contribution in [0.5, 0.6) is 0 Å². The highest BCUT2D eigenvalue weighted by molar-refractivity contribution is 7.79. The van der Waals surface area contributed by atoms with Gasteiger partial charge in [0.2, 0.25) is 6.10 Å². The Labute approximate surface area is 400 Å². The normalized spacial score (nSPS) is 30.2. The zero-order valence-corrected chi connectivity index (χ0v) is 39.6. The van der Waals surface area contributed by atoms with Gasteiger partial charge in [-0.05, 0) is 54.8 Å². The highest BCUT2D eigenvalue weighted by atomic mass is 32.2. The number of esters is 5. The number of benzene rings is 3. The topological polar surface area (TPSA) is 265 Å². The maximum atomic E-state index is 15.7. The van der Waals surface area contributed by atoms with E-state index in [1.807, 2.05) is 0 Å². The number of rotatable bonds is 14. The smallest absolute Gasteiger partial charge is 0.350 e. The van der Waals surface area contributed by atoms with Crippen LogP contribution in [0.15, 0.2) is 102 Å². The Morgan fingerprint density at radius 3 is 2.00 bits per heavy atom. The third kappa shape index (κ3) is 9.37. The van der Waals surface area contributed by atoms with Crippen LogP contribution in [0.3, 0.4) is 0 Å². The van der Waals surface area contributed by atoms with Gasteiger partial charge >= 0.3 is 29.8 Å². The average Bonchev–Trinajstić information content (AvgIpc) is 3.30. The van der Waals surface area contributed by atoms with Crippen molar-refractivity contribution in [3.05, 3.63) is 119 Å². The van der Waals surface area contributed by atoms with E-state index in [0.717, 1.165) is 13.8 Å². The molecule has 7 rings (SSSR count). The molecule has 2 saturated carbocycles. The van der Waals surface area contributed by atoms with Gasteiger partial charge in [-0.2, -0.15) is 0 Å². The minimum atomic E-state index is -2.50. The van der Waals surface area contributed by atoms with Gasteiger partial charge in [-0.25, -0.2) is 13.8 Å². The van der Waals surface area contributed by atoms with Gasteiger partial charge in [0.05, 0.1) is 41.8 Å². The van der Waals surface area contributed by atoms with Crippen molar-refractivity contribution in [2.45, 2.75) is 115 Å². The number of nitrogens with one attached hydrogen (secondary N) is 1. The Kier molecular flexibility index (Phi) is 14.5.